The Kier molecular flexibility index (Phi) is 4.98. The Labute approximate surface area is 153 Å². The van der Waals surface area contributed by atoms with Gasteiger partial charge in [-0.1, -0.05) is 50.2 Å². The van der Waals surface area contributed by atoms with Crippen molar-refractivity contribution in [3.63, 3.8) is 0 Å². The Balaban J connectivity index is 1.61. The summed E-state index contributed by atoms with van der Waals surface area (Å²) >= 11 is 0. The Morgan fingerprint density at radius 3 is 2.58 bits per heavy atom. The molecular weight excluding hydrogens is 328 g/mol. The van der Waals surface area contributed by atoms with Crippen LogP contribution in [0, 0.1) is 0 Å². The third-order valence-corrected chi connectivity index (χ3v) is 4.88. The zero-order valence-corrected chi connectivity index (χ0v) is 15.3. The van der Waals surface area contributed by atoms with Crippen molar-refractivity contribution >= 4 is 11.8 Å². The first-order valence-electron chi connectivity index (χ1n) is 8.72. The van der Waals surface area contributed by atoms with Crippen molar-refractivity contribution in [3.8, 4) is 5.75 Å². The van der Waals surface area contributed by atoms with Crippen LogP contribution in [0.25, 0.3) is 0 Å². The molecule has 2 amide bonds. The van der Waals surface area contributed by atoms with E-state index in [1.165, 1.54) is 12.7 Å². The first-order valence-corrected chi connectivity index (χ1v) is 8.72. The lowest BCUT2D eigenvalue weighted by atomic mass is 9.86. The van der Waals surface area contributed by atoms with Gasteiger partial charge in [-0.05, 0) is 35.1 Å². The van der Waals surface area contributed by atoms with Gasteiger partial charge < -0.3 is 15.4 Å². The third-order valence-electron chi connectivity index (χ3n) is 4.88. The summed E-state index contributed by atoms with van der Waals surface area (Å²) < 4.78 is 5.18. The normalized spacial score (nSPS) is 17.3. The van der Waals surface area contributed by atoms with Gasteiger partial charge in [0, 0.05) is 0 Å². The fraction of sp³-hybridized carbons (Fsp3) is 0.333. The van der Waals surface area contributed by atoms with E-state index in [0.717, 1.165) is 12.0 Å². The molecule has 0 radical (unpaired) electrons. The van der Waals surface area contributed by atoms with E-state index in [9.17, 15) is 9.59 Å². The standard InChI is InChI=1S/C21H24N2O3/c1-21(2)12-17(14-8-4-6-10-16(14)21)23-19(24)13-22-20(25)15-9-5-7-11-18(15)26-3/h4-11,17H,12-13H2,1-3H3,(H,22,25)(H,23,24). The van der Waals surface area contributed by atoms with Gasteiger partial charge >= 0.3 is 0 Å². The molecule has 26 heavy (non-hydrogen) atoms. The molecule has 136 valence electrons. The number of para-hydroxylation sites is 1. The number of benzene rings is 2. The van der Waals surface area contributed by atoms with Crippen molar-refractivity contribution in [2.45, 2.75) is 31.7 Å². The van der Waals surface area contributed by atoms with Crippen LogP contribution in [0.3, 0.4) is 0 Å². The zero-order valence-electron chi connectivity index (χ0n) is 15.3. The van der Waals surface area contributed by atoms with Crippen LogP contribution in [0.2, 0.25) is 0 Å². The molecule has 0 aliphatic heterocycles. The number of methoxy groups -OCH3 is 1. The second kappa shape index (κ2) is 7.20. The highest BCUT2D eigenvalue weighted by Gasteiger charge is 2.37. The summed E-state index contributed by atoms with van der Waals surface area (Å²) in [5.74, 6) is -0.0487. The van der Waals surface area contributed by atoms with Crippen LogP contribution in [0.15, 0.2) is 48.5 Å². The molecule has 0 saturated heterocycles. The molecule has 2 aromatic rings. The largest absolute Gasteiger partial charge is 0.496 e. The highest BCUT2D eigenvalue weighted by molar-refractivity contribution is 5.98. The van der Waals surface area contributed by atoms with Crippen molar-refractivity contribution < 1.29 is 14.3 Å². The number of hydrogen-bond donors (Lipinski definition) is 2. The fourth-order valence-electron chi connectivity index (χ4n) is 3.61. The maximum absolute atomic E-state index is 12.4. The molecule has 1 atom stereocenters. The van der Waals surface area contributed by atoms with Gasteiger partial charge in [-0.2, -0.15) is 0 Å². The Morgan fingerprint density at radius 1 is 1.12 bits per heavy atom. The average molecular weight is 352 g/mol. The monoisotopic (exact) mass is 352 g/mol. The van der Waals surface area contributed by atoms with Crippen LogP contribution in [-0.2, 0) is 10.2 Å². The number of carbonyl (C=O) groups is 2. The summed E-state index contributed by atoms with van der Waals surface area (Å²) in [6.45, 7) is 4.29. The first-order chi connectivity index (χ1) is 12.4. The predicted molar refractivity (Wildman–Crippen MR) is 100 cm³/mol. The van der Waals surface area contributed by atoms with E-state index in [2.05, 4.69) is 36.6 Å². The number of nitrogens with one attached hydrogen (secondary N) is 2. The van der Waals surface area contributed by atoms with Crippen LogP contribution >= 0.6 is 0 Å². The number of hydrogen-bond acceptors (Lipinski definition) is 3. The molecule has 0 heterocycles. The average Bonchev–Trinajstić information content (AvgIpc) is 2.90. The quantitative estimate of drug-likeness (QED) is 0.869. The number of carbonyl (C=O) groups excluding carboxylic acids is 2. The van der Waals surface area contributed by atoms with E-state index < -0.39 is 0 Å². The summed E-state index contributed by atoms with van der Waals surface area (Å²) in [4.78, 5) is 24.6. The fourth-order valence-corrected chi connectivity index (χ4v) is 3.61. The molecule has 3 rings (SSSR count). The van der Waals surface area contributed by atoms with Gasteiger partial charge in [0.2, 0.25) is 5.91 Å². The SMILES string of the molecule is COc1ccccc1C(=O)NCC(=O)NC1CC(C)(C)c2ccccc21. The van der Waals surface area contributed by atoms with Gasteiger partial charge in [0.25, 0.3) is 5.91 Å². The molecule has 0 spiro atoms. The molecule has 0 fully saturated rings. The minimum Gasteiger partial charge on any atom is -0.496 e. The highest BCUT2D eigenvalue weighted by Crippen LogP contribution is 2.44. The first kappa shape index (κ1) is 18.0. The summed E-state index contributed by atoms with van der Waals surface area (Å²) in [6, 6.07) is 15.1. The molecule has 5 nitrogen and oxygen atoms in total. The molecular formula is C21H24N2O3. The van der Waals surface area contributed by atoms with E-state index >= 15 is 0 Å². The molecule has 2 aromatic carbocycles. The Morgan fingerprint density at radius 2 is 1.81 bits per heavy atom. The summed E-state index contributed by atoms with van der Waals surface area (Å²) in [5, 5.41) is 5.70. The summed E-state index contributed by atoms with van der Waals surface area (Å²) in [7, 11) is 1.51. The van der Waals surface area contributed by atoms with Gasteiger partial charge in [0.15, 0.2) is 0 Å². The minimum atomic E-state index is -0.329. The highest BCUT2D eigenvalue weighted by atomic mass is 16.5. The lowest BCUT2D eigenvalue weighted by Gasteiger charge is -2.19. The van der Waals surface area contributed by atoms with Crippen molar-refractivity contribution in [2.75, 3.05) is 13.7 Å². The van der Waals surface area contributed by atoms with Crippen molar-refractivity contribution in [3.05, 3.63) is 65.2 Å². The molecule has 1 aliphatic rings. The van der Waals surface area contributed by atoms with Gasteiger partial charge in [0.05, 0.1) is 25.3 Å². The number of fused-ring (bicyclic) bond motifs is 1. The van der Waals surface area contributed by atoms with Crippen LogP contribution in [0.5, 0.6) is 5.75 Å². The topological polar surface area (TPSA) is 67.4 Å². The predicted octanol–water partition coefficient (Wildman–Crippen LogP) is 2.96. The second-order valence-electron chi connectivity index (χ2n) is 7.18. The lowest BCUT2D eigenvalue weighted by Crippen LogP contribution is -2.38. The van der Waals surface area contributed by atoms with Gasteiger partial charge in [0.1, 0.15) is 5.75 Å². The van der Waals surface area contributed by atoms with Gasteiger partial charge in [-0.15, -0.1) is 0 Å². The van der Waals surface area contributed by atoms with E-state index in [1.54, 1.807) is 24.3 Å². The van der Waals surface area contributed by atoms with Crippen LogP contribution in [0.4, 0.5) is 0 Å². The zero-order chi connectivity index (χ0) is 18.7. The summed E-state index contributed by atoms with van der Waals surface area (Å²) in [6.07, 6.45) is 0.846. The van der Waals surface area contributed by atoms with Crippen molar-refractivity contribution in [2.24, 2.45) is 0 Å². The van der Waals surface area contributed by atoms with Crippen LogP contribution in [0.1, 0.15) is 47.8 Å². The van der Waals surface area contributed by atoms with Gasteiger partial charge in [-0.3, -0.25) is 9.59 Å². The Bertz CT molecular complexity index is 830. The molecule has 1 unspecified atom stereocenters. The third kappa shape index (κ3) is 3.57. The van der Waals surface area contributed by atoms with Crippen LogP contribution < -0.4 is 15.4 Å². The second-order valence-corrected chi connectivity index (χ2v) is 7.18. The van der Waals surface area contributed by atoms with E-state index in [-0.39, 0.29) is 29.8 Å². The lowest BCUT2D eigenvalue weighted by molar-refractivity contribution is -0.120. The number of amides is 2. The molecule has 0 saturated carbocycles. The molecule has 0 aromatic heterocycles. The van der Waals surface area contributed by atoms with E-state index in [0.29, 0.717) is 11.3 Å². The summed E-state index contributed by atoms with van der Waals surface area (Å²) in [5.41, 5.74) is 2.86. The molecule has 2 N–H and O–H groups in total. The Hall–Kier alpha value is -2.82. The molecule has 0 bridgehead atoms. The number of ether oxygens (including phenoxy) is 1. The van der Waals surface area contributed by atoms with Gasteiger partial charge in [-0.25, -0.2) is 0 Å². The minimum absolute atomic E-state index is 0.0230. The number of rotatable bonds is 5. The van der Waals surface area contributed by atoms with Crippen molar-refractivity contribution in [1.82, 2.24) is 10.6 Å². The maximum atomic E-state index is 12.4. The van der Waals surface area contributed by atoms with Crippen molar-refractivity contribution in [1.29, 1.82) is 0 Å². The molecule has 1 aliphatic carbocycles. The van der Waals surface area contributed by atoms with E-state index in [4.69, 9.17) is 4.74 Å². The van der Waals surface area contributed by atoms with Crippen LogP contribution in [-0.4, -0.2) is 25.5 Å². The maximum Gasteiger partial charge on any atom is 0.255 e. The molecule has 5 heteroatoms. The van der Waals surface area contributed by atoms with E-state index in [1.807, 2.05) is 12.1 Å². The smallest absolute Gasteiger partial charge is 0.255 e.